The molecule has 1 atom stereocenters. The molecule has 4 heteroatoms. The molecule has 1 unspecified atom stereocenters. The van der Waals surface area contributed by atoms with Gasteiger partial charge in [-0.3, -0.25) is 14.7 Å². The first-order valence-corrected chi connectivity index (χ1v) is 6.94. The molecule has 0 amide bonds. The monoisotopic (exact) mass is 270 g/mol. The van der Waals surface area contributed by atoms with Gasteiger partial charge in [0.2, 0.25) is 0 Å². The zero-order valence-electron chi connectivity index (χ0n) is 11.6. The molecule has 1 saturated heterocycles. The Bertz CT molecular complexity index is 621. The number of rotatable bonds is 3. The van der Waals surface area contributed by atoms with Gasteiger partial charge in [-0.1, -0.05) is 24.3 Å². The predicted molar refractivity (Wildman–Crippen MR) is 77.2 cm³/mol. The van der Waals surface area contributed by atoms with Gasteiger partial charge in [0.05, 0.1) is 12.6 Å². The van der Waals surface area contributed by atoms with Crippen LogP contribution in [0.4, 0.5) is 0 Å². The third kappa shape index (κ3) is 2.39. The Morgan fingerprint density at radius 2 is 2.25 bits per heavy atom. The predicted octanol–water partition coefficient (Wildman–Crippen LogP) is 2.37. The first kappa shape index (κ1) is 13.1. The van der Waals surface area contributed by atoms with Crippen molar-refractivity contribution < 1.29 is 9.53 Å². The average molecular weight is 270 g/mol. The van der Waals surface area contributed by atoms with E-state index in [9.17, 15) is 4.79 Å². The van der Waals surface area contributed by atoms with Crippen molar-refractivity contribution >= 4 is 16.9 Å². The number of methoxy groups -OCH3 is 1. The van der Waals surface area contributed by atoms with E-state index in [4.69, 9.17) is 4.74 Å². The summed E-state index contributed by atoms with van der Waals surface area (Å²) >= 11 is 0. The molecule has 0 aliphatic carbocycles. The summed E-state index contributed by atoms with van der Waals surface area (Å²) in [5.41, 5.74) is 2.18. The van der Waals surface area contributed by atoms with Crippen LogP contribution in [0.3, 0.4) is 0 Å². The molecule has 1 aliphatic heterocycles. The summed E-state index contributed by atoms with van der Waals surface area (Å²) in [7, 11) is 1.46. The molecule has 0 spiro atoms. The Morgan fingerprint density at radius 1 is 1.40 bits per heavy atom. The number of ether oxygens (including phenoxy) is 1. The van der Waals surface area contributed by atoms with Crippen LogP contribution in [0.1, 0.15) is 18.4 Å². The molecule has 2 aromatic rings. The van der Waals surface area contributed by atoms with Crippen LogP contribution in [0.2, 0.25) is 0 Å². The summed E-state index contributed by atoms with van der Waals surface area (Å²) in [5, 5.41) is 1.14. The van der Waals surface area contributed by atoms with E-state index in [0.29, 0.717) is 0 Å². The van der Waals surface area contributed by atoms with Crippen molar-refractivity contribution in [2.24, 2.45) is 0 Å². The molecule has 3 rings (SSSR count). The summed E-state index contributed by atoms with van der Waals surface area (Å²) in [6.07, 6.45) is 3.73. The van der Waals surface area contributed by atoms with Crippen LogP contribution < -0.4 is 0 Å². The summed E-state index contributed by atoms with van der Waals surface area (Å²) in [6, 6.07) is 10.1. The van der Waals surface area contributed by atoms with Crippen molar-refractivity contribution in [1.82, 2.24) is 9.88 Å². The smallest absolute Gasteiger partial charge is 0.323 e. The van der Waals surface area contributed by atoms with Crippen molar-refractivity contribution in [2.45, 2.75) is 25.4 Å². The van der Waals surface area contributed by atoms with Crippen LogP contribution in [0.25, 0.3) is 10.9 Å². The Hall–Kier alpha value is -1.94. The molecular weight excluding hydrogens is 252 g/mol. The number of benzene rings is 1. The highest BCUT2D eigenvalue weighted by atomic mass is 16.5. The first-order valence-electron chi connectivity index (χ1n) is 6.94. The number of hydrogen-bond acceptors (Lipinski definition) is 4. The maximum absolute atomic E-state index is 11.8. The van der Waals surface area contributed by atoms with Crippen LogP contribution in [0, 0.1) is 0 Å². The van der Waals surface area contributed by atoms with Crippen molar-refractivity contribution in [3.05, 3.63) is 42.1 Å². The summed E-state index contributed by atoms with van der Waals surface area (Å²) in [6.45, 7) is 1.68. The van der Waals surface area contributed by atoms with Crippen molar-refractivity contribution in [3.63, 3.8) is 0 Å². The number of hydrogen-bond donors (Lipinski definition) is 0. The number of esters is 1. The van der Waals surface area contributed by atoms with Gasteiger partial charge in [-0.15, -0.1) is 0 Å². The van der Waals surface area contributed by atoms with Gasteiger partial charge in [-0.05, 0) is 31.0 Å². The molecule has 2 heterocycles. The standard InChI is InChI=1S/C16H18N2O2/c1-20-16(19)14-8-4-10-18(14)11-13-6-2-5-12-7-3-9-17-15(12)13/h2-3,5-7,9,14H,4,8,10-11H2,1H3. The van der Waals surface area contributed by atoms with Crippen molar-refractivity contribution in [3.8, 4) is 0 Å². The number of fused-ring (bicyclic) bond motifs is 1. The topological polar surface area (TPSA) is 42.4 Å². The molecular formula is C16H18N2O2. The van der Waals surface area contributed by atoms with Crippen LogP contribution >= 0.6 is 0 Å². The minimum Gasteiger partial charge on any atom is -0.468 e. The highest BCUT2D eigenvalue weighted by Crippen LogP contribution is 2.24. The number of likely N-dealkylation sites (tertiary alicyclic amines) is 1. The summed E-state index contributed by atoms with van der Waals surface area (Å²) in [5.74, 6) is -0.129. The molecule has 0 bridgehead atoms. The first-order chi connectivity index (χ1) is 9.79. The lowest BCUT2D eigenvalue weighted by molar-refractivity contribution is -0.146. The van der Waals surface area contributed by atoms with Crippen molar-refractivity contribution in [1.29, 1.82) is 0 Å². The quantitative estimate of drug-likeness (QED) is 0.803. The van der Waals surface area contributed by atoms with E-state index >= 15 is 0 Å². The zero-order valence-corrected chi connectivity index (χ0v) is 11.6. The molecule has 1 aromatic carbocycles. The van der Waals surface area contributed by atoms with E-state index in [1.165, 1.54) is 12.7 Å². The van der Waals surface area contributed by atoms with E-state index in [-0.39, 0.29) is 12.0 Å². The molecule has 1 aromatic heterocycles. The molecule has 0 N–H and O–H groups in total. The summed E-state index contributed by atoms with van der Waals surface area (Å²) in [4.78, 5) is 18.5. The van der Waals surface area contributed by atoms with E-state index < -0.39 is 0 Å². The summed E-state index contributed by atoms with van der Waals surface area (Å²) < 4.78 is 4.89. The second-order valence-corrected chi connectivity index (χ2v) is 5.14. The van der Waals surface area contributed by atoms with E-state index in [2.05, 4.69) is 28.1 Å². The van der Waals surface area contributed by atoms with Crippen LogP contribution in [0.15, 0.2) is 36.5 Å². The van der Waals surface area contributed by atoms with Crippen molar-refractivity contribution in [2.75, 3.05) is 13.7 Å². The van der Waals surface area contributed by atoms with E-state index in [0.717, 1.165) is 36.8 Å². The Labute approximate surface area is 118 Å². The Balaban J connectivity index is 1.87. The lowest BCUT2D eigenvalue weighted by atomic mass is 10.1. The fourth-order valence-corrected chi connectivity index (χ4v) is 2.93. The SMILES string of the molecule is COC(=O)C1CCCN1Cc1cccc2cccnc12. The third-order valence-corrected chi connectivity index (χ3v) is 3.93. The highest BCUT2D eigenvalue weighted by molar-refractivity contribution is 5.81. The Morgan fingerprint density at radius 3 is 3.10 bits per heavy atom. The number of pyridine rings is 1. The normalized spacial score (nSPS) is 19.4. The second-order valence-electron chi connectivity index (χ2n) is 5.14. The molecule has 1 fully saturated rings. The van der Waals surface area contributed by atoms with Gasteiger partial charge in [0.25, 0.3) is 0 Å². The van der Waals surface area contributed by atoms with E-state index in [1.54, 1.807) is 0 Å². The molecule has 20 heavy (non-hydrogen) atoms. The molecule has 0 radical (unpaired) electrons. The molecule has 104 valence electrons. The molecule has 0 saturated carbocycles. The molecule has 1 aliphatic rings. The number of nitrogens with zero attached hydrogens (tertiary/aromatic N) is 2. The van der Waals surface area contributed by atoms with Gasteiger partial charge in [-0.25, -0.2) is 0 Å². The fourth-order valence-electron chi connectivity index (χ4n) is 2.93. The van der Waals surface area contributed by atoms with Gasteiger partial charge in [0.1, 0.15) is 6.04 Å². The minimum absolute atomic E-state index is 0.112. The fraction of sp³-hybridized carbons (Fsp3) is 0.375. The maximum Gasteiger partial charge on any atom is 0.323 e. The zero-order chi connectivity index (χ0) is 13.9. The lowest BCUT2D eigenvalue weighted by Gasteiger charge is -2.22. The second kappa shape index (κ2) is 5.59. The van der Waals surface area contributed by atoms with Gasteiger partial charge < -0.3 is 4.74 Å². The number of para-hydroxylation sites is 1. The largest absolute Gasteiger partial charge is 0.468 e. The van der Waals surface area contributed by atoms with Crippen LogP contribution in [0.5, 0.6) is 0 Å². The van der Waals surface area contributed by atoms with Crippen LogP contribution in [-0.4, -0.2) is 35.5 Å². The molecule has 4 nitrogen and oxygen atoms in total. The number of carbonyl (C=O) groups is 1. The highest BCUT2D eigenvalue weighted by Gasteiger charge is 2.31. The average Bonchev–Trinajstić information content (AvgIpc) is 2.95. The number of aromatic nitrogens is 1. The van der Waals surface area contributed by atoms with E-state index in [1.807, 2.05) is 18.3 Å². The van der Waals surface area contributed by atoms with Gasteiger partial charge in [-0.2, -0.15) is 0 Å². The Kier molecular flexibility index (Phi) is 3.65. The third-order valence-electron chi connectivity index (χ3n) is 3.93. The minimum atomic E-state index is -0.129. The maximum atomic E-state index is 11.8. The van der Waals surface area contributed by atoms with Gasteiger partial charge in [0.15, 0.2) is 0 Å². The number of carbonyl (C=O) groups excluding carboxylic acids is 1. The van der Waals surface area contributed by atoms with Gasteiger partial charge >= 0.3 is 5.97 Å². The van der Waals surface area contributed by atoms with Gasteiger partial charge in [0, 0.05) is 18.1 Å². The van der Waals surface area contributed by atoms with Crippen LogP contribution in [-0.2, 0) is 16.1 Å². The lowest BCUT2D eigenvalue weighted by Crippen LogP contribution is -2.36.